The van der Waals surface area contributed by atoms with Crippen LogP contribution in [-0.2, 0) is 0 Å². The van der Waals surface area contributed by atoms with Crippen molar-refractivity contribution in [1.82, 2.24) is 4.90 Å². The molecule has 1 heterocycles. The number of nitrogens with zero attached hydrogens (tertiary/aromatic N) is 1. The van der Waals surface area contributed by atoms with Crippen LogP contribution in [0.25, 0.3) is 0 Å². The van der Waals surface area contributed by atoms with Gasteiger partial charge in [-0.05, 0) is 45.3 Å². The second-order valence-electron chi connectivity index (χ2n) is 4.69. The molecule has 0 aliphatic carbocycles. The molecule has 1 aromatic carbocycles. The summed E-state index contributed by atoms with van der Waals surface area (Å²) in [6.45, 7) is 2.05. The van der Waals surface area contributed by atoms with Crippen molar-refractivity contribution in [3.63, 3.8) is 0 Å². The van der Waals surface area contributed by atoms with E-state index in [0.717, 1.165) is 18.7 Å². The van der Waals surface area contributed by atoms with Gasteiger partial charge in [-0.15, -0.1) is 0 Å². The third-order valence-electron chi connectivity index (χ3n) is 2.87. The summed E-state index contributed by atoms with van der Waals surface area (Å²) in [7, 11) is 4.02. The Kier molecular flexibility index (Phi) is 4.20. The summed E-state index contributed by atoms with van der Waals surface area (Å²) in [5.74, 6) is 1.57. The second-order valence-corrected chi connectivity index (χ2v) is 4.69. The zero-order valence-electron chi connectivity index (χ0n) is 10.9. The fourth-order valence-corrected chi connectivity index (χ4v) is 1.92. The third kappa shape index (κ3) is 3.23. The number of ketones is 1. The Labute approximate surface area is 107 Å². The lowest BCUT2D eigenvalue weighted by molar-refractivity contribution is 0.0976. The second kappa shape index (κ2) is 5.87. The molecule has 1 aliphatic rings. The van der Waals surface area contributed by atoms with Crippen molar-refractivity contribution < 1.29 is 14.3 Å². The van der Waals surface area contributed by atoms with Crippen LogP contribution in [-0.4, -0.2) is 44.5 Å². The van der Waals surface area contributed by atoms with Crippen LogP contribution >= 0.6 is 0 Å². The van der Waals surface area contributed by atoms with Gasteiger partial charge in [0.05, 0.1) is 0 Å². The van der Waals surface area contributed by atoms with E-state index in [1.54, 1.807) is 6.07 Å². The minimum atomic E-state index is 0.161. The Morgan fingerprint density at radius 1 is 1.22 bits per heavy atom. The van der Waals surface area contributed by atoms with E-state index < -0.39 is 0 Å². The monoisotopic (exact) mass is 249 g/mol. The Hall–Kier alpha value is -1.55. The summed E-state index contributed by atoms with van der Waals surface area (Å²) in [5.41, 5.74) is 0.706. The smallest absolute Gasteiger partial charge is 0.163 e. The van der Waals surface area contributed by atoms with E-state index in [9.17, 15) is 4.79 Å². The number of hydrogen-bond donors (Lipinski definition) is 0. The van der Waals surface area contributed by atoms with Gasteiger partial charge in [0.1, 0.15) is 13.2 Å². The highest BCUT2D eigenvalue weighted by molar-refractivity contribution is 5.96. The number of carbonyl (C=O) groups is 1. The van der Waals surface area contributed by atoms with E-state index >= 15 is 0 Å². The van der Waals surface area contributed by atoms with E-state index in [1.807, 2.05) is 26.2 Å². The summed E-state index contributed by atoms with van der Waals surface area (Å²) in [5, 5.41) is 0. The molecule has 1 aliphatic heterocycles. The molecule has 4 heteroatoms. The number of hydrogen-bond acceptors (Lipinski definition) is 4. The predicted octanol–water partition coefficient (Wildman–Crippen LogP) is 1.98. The highest BCUT2D eigenvalue weighted by Gasteiger charge is 2.14. The Bertz CT molecular complexity index is 429. The predicted molar refractivity (Wildman–Crippen MR) is 69.6 cm³/mol. The Balaban J connectivity index is 1.98. The minimum absolute atomic E-state index is 0.161. The van der Waals surface area contributed by atoms with Crippen molar-refractivity contribution in [1.29, 1.82) is 0 Å². The molecule has 0 radical (unpaired) electrons. The molecule has 0 N–H and O–H groups in total. The molecule has 98 valence electrons. The number of benzene rings is 1. The lowest BCUT2D eigenvalue weighted by atomic mass is 10.1. The molecule has 0 bridgehead atoms. The quantitative estimate of drug-likeness (QED) is 0.748. The first-order valence-electron chi connectivity index (χ1n) is 6.24. The van der Waals surface area contributed by atoms with Crippen LogP contribution in [0.4, 0.5) is 0 Å². The Morgan fingerprint density at radius 2 is 1.94 bits per heavy atom. The number of Topliss-reactive ketones (excluding diaryl/α,β-unsaturated/α-hetero) is 1. The summed E-state index contributed by atoms with van der Waals surface area (Å²) < 4.78 is 10.9. The van der Waals surface area contributed by atoms with Crippen molar-refractivity contribution in [3.05, 3.63) is 23.8 Å². The molecule has 18 heavy (non-hydrogen) atoms. The van der Waals surface area contributed by atoms with Gasteiger partial charge in [-0.3, -0.25) is 4.79 Å². The van der Waals surface area contributed by atoms with Gasteiger partial charge >= 0.3 is 0 Å². The molecule has 0 spiro atoms. The Morgan fingerprint density at radius 3 is 2.67 bits per heavy atom. The maximum atomic E-state index is 12.0. The maximum Gasteiger partial charge on any atom is 0.163 e. The van der Waals surface area contributed by atoms with Crippen molar-refractivity contribution in [2.75, 3.05) is 33.9 Å². The van der Waals surface area contributed by atoms with Crippen LogP contribution in [0.3, 0.4) is 0 Å². The lowest BCUT2D eigenvalue weighted by Crippen LogP contribution is -2.16. The van der Waals surface area contributed by atoms with Crippen molar-refractivity contribution in [3.8, 4) is 11.5 Å². The molecule has 0 saturated carbocycles. The van der Waals surface area contributed by atoms with Crippen LogP contribution in [0, 0.1) is 0 Å². The molecule has 2 rings (SSSR count). The molecular formula is C14H19NO3. The van der Waals surface area contributed by atoms with Gasteiger partial charge in [0.25, 0.3) is 0 Å². The maximum absolute atomic E-state index is 12.0. The van der Waals surface area contributed by atoms with Gasteiger partial charge in [0.15, 0.2) is 17.3 Å². The normalized spacial score (nSPS) is 13.7. The summed E-state index contributed by atoms with van der Waals surface area (Å²) in [6, 6.07) is 5.41. The topological polar surface area (TPSA) is 38.8 Å². The average molecular weight is 249 g/mol. The average Bonchev–Trinajstić information content (AvgIpc) is 2.37. The molecule has 4 nitrogen and oxygen atoms in total. The minimum Gasteiger partial charge on any atom is -0.486 e. The number of fused-ring (bicyclic) bond motifs is 1. The fraction of sp³-hybridized carbons (Fsp3) is 0.500. The first-order valence-corrected chi connectivity index (χ1v) is 6.24. The fourth-order valence-electron chi connectivity index (χ4n) is 1.92. The van der Waals surface area contributed by atoms with Crippen molar-refractivity contribution in [2.24, 2.45) is 0 Å². The molecular weight excluding hydrogens is 230 g/mol. The van der Waals surface area contributed by atoms with Crippen LogP contribution < -0.4 is 9.47 Å². The van der Waals surface area contributed by atoms with E-state index in [2.05, 4.69) is 4.90 Å². The van der Waals surface area contributed by atoms with Gasteiger partial charge in [-0.2, -0.15) is 0 Å². The van der Waals surface area contributed by atoms with E-state index in [4.69, 9.17) is 9.47 Å². The van der Waals surface area contributed by atoms with E-state index in [-0.39, 0.29) is 5.78 Å². The zero-order valence-corrected chi connectivity index (χ0v) is 10.9. The van der Waals surface area contributed by atoms with Crippen molar-refractivity contribution in [2.45, 2.75) is 12.8 Å². The molecule has 0 atom stereocenters. The first kappa shape index (κ1) is 12.9. The van der Waals surface area contributed by atoms with Crippen LogP contribution in [0.1, 0.15) is 23.2 Å². The van der Waals surface area contributed by atoms with Crippen molar-refractivity contribution >= 4 is 5.78 Å². The number of rotatable bonds is 5. The highest BCUT2D eigenvalue weighted by Crippen LogP contribution is 2.31. The van der Waals surface area contributed by atoms with Gasteiger partial charge in [-0.1, -0.05) is 0 Å². The van der Waals surface area contributed by atoms with Gasteiger partial charge in [0, 0.05) is 12.0 Å². The van der Waals surface area contributed by atoms with Gasteiger partial charge in [-0.25, -0.2) is 0 Å². The number of carbonyl (C=O) groups excluding carboxylic acids is 1. The summed E-state index contributed by atoms with van der Waals surface area (Å²) in [6.07, 6.45) is 1.44. The zero-order chi connectivity index (χ0) is 13.0. The van der Waals surface area contributed by atoms with E-state index in [1.165, 1.54) is 0 Å². The highest BCUT2D eigenvalue weighted by atomic mass is 16.6. The van der Waals surface area contributed by atoms with E-state index in [0.29, 0.717) is 30.9 Å². The largest absolute Gasteiger partial charge is 0.486 e. The third-order valence-corrected chi connectivity index (χ3v) is 2.87. The van der Waals surface area contributed by atoms with Gasteiger partial charge < -0.3 is 14.4 Å². The lowest BCUT2D eigenvalue weighted by Gasteiger charge is -2.18. The summed E-state index contributed by atoms with van der Waals surface area (Å²) in [4.78, 5) is 14.1. The summed E-state index contributed by atoms with van der Waals surface area (Å²) >= 11 is 0. The number of ether oxygens (including phenoxy) is 2. The van der Waals surface area contributed by atoms with Crippen LogP contribution in [0.5, 0.6) is 11.5 Å². The molecule has 0 fully saturated rings. The van der Waals surface area contributed by atoms with Gasteiger partial charge in [0.2, 0.25) is 0 Å². The molecule has 1 aromatic rings. The van der Waals surface area contributed by atoms with Crippen LogP contribution in [0.2, 0.25) is 0 Å². The first-order chi connectivity index (χ1) is 8.66. The SMILES string of the molecule is CN(C)CCCC(=O)c1ccc2c(c1)OCCO2. The molecule has 0 amide bonds. The molecule has 0 saturated heterocycles. The molecule has 0 unspecified atom stereocenters. The standard InChI is InChI=1S/C14H19NO3/c1-15(2)7-3-4-12(16)11-5-6-13-14(10-11)18-9-8-17-13/h5-6,10H,3-4,7-9H2,1-2H3. The van der Waals surface area contributed by atoms with Crippen LogP contribution in [0.15, 0.2) is 18.2 Å². The molecule has 0 aromatic heterocycles.